The molecule has 0 amide bonds. The summed E-state index contributed by atoms with van der Waals surface area (Å²) in [5.41, 5.74) is 1.86. The molecule has 0 N–H and O–H groups in total. The molecule has 90 valence electrons. The molecule has 0 aromatic carbocycles. The number of halogens is 2. The van der Waals surface area contributed by atoms with Gasteiger partial charge in [-0.15, -0.1) is 0 Å². The lowest BCUT2D eigenvalue weighted by molar-refractivity contribution is 0.121. The first-order valence-corrected chi connectivity index (χ1v) is 5.38. The van der Waals surface area contributed by atoms with Crippen LogP contribution in [-0.2, 0) is 6.54 Å². The second-order valence-electron chi connectivity index (χ2n) is 3.86. The molecule has 3 nitrogen and oxygen atoms in total. The number of hydrogen-bond acceptors (Lipinski definition) is 2. The van der Waals surface area contributed by atoms with Crippen LogP contribution in [0.5, 0.6) is 0 Å². The Balaban J connectivity index is 2.15. The van der Waals surface area contributed by atoms with Gasteiger partial charge < -0.3 is 0 Å². The van der Waals surface area contributed by atoms with Gasteiger partial charge in [0.15, 0.2) is 0 Å². The average Bonchev–Trinajstić information content (AvgIpc) is 2.77. The minimum absolute atomic E-state index is 0.0805. The minimum atomic E-state index is -2.38. The number of rotatable bonds is 4. The summed E-state index contributed by atoms with van der Waals surface area (Å²) in [5.74, 6) is 0.0805. The number of hydrogen-bond donors (Lipinski definition) is 0. The molecular weight excluding hydrogens is 224 g/mol. The molecule has 0 radical (unpaired) electrons. The summed E-state index contributed by atoms with van der Waals surface area (Å²) in [4.78, 5) is 3.94. The lowest BCUT2D eigenvalue weighted by Gasteiger charge is -2.08. The normalized spacial score (nSPS) is 12.9. The first-order chi connectivity index (χ1) is 8.16. The van der Waals surface area contributed by atoms with Crippen LogP contribution in [-0.4, -0.2) is 21.2 Å². The Labute approximate surface area is 98.1 Å². The van der Waals surface area contributed by atoms with E-state index in [0.29, 0.717) is 0 Å². The molecule has 0 aliphatic rings. The van der Waals surface area contributed by atoms with Gasteiger partial charge >= 0.3 is 0 Å². The zero-order chi connectivity index (χ0) is 12.3. The van der Waals surface area contributed by atoms with Gasteiger partial charge in [-0.2, -0.15) is 5.10 Å². The monoisotopic (exact) mass is 237 g/mol. The highest BCUT2D eigenvalue weighted by atomic mass is 19.3. The van der Waals surface area contributed by atoms with E-state index in [9.17, 15) is 8.78 Å². The average molecular weight is 237 g/mol. The third-order valence-electron chi connectivity index (χ3n) is 2.64. The van der Waals surface area contributed by atoms with Crippen molar-refractivity contribution in [3.05, 3.63) is 48.0 Å². The molecular formula is C12H13F2N3. The molecule has 0 saturated heterocycles. The van der Waals surface area contributed by atoms with Crippen molar-refractivity contribution in [3.8, 4) is 0 Å². The van der Waals surface area contributed by atoms with E-state index in [4.69, 9.17) is 0 Å². The van der Waals surface area contributed by atoms with E-state index in [2.05, 4.69) is 10.1 Å². The molecule has 0 aliphatic heterocycles. The first kappa shape index (κ1) is 11.7. The maximum Gasteiger partial charge on any atom is 0.257 e. The molecule has 0 bridgehead atoms. The molecule has 2 heterocycles. The molecule has 0 aliphatic carbocycles. The molecule has 0 spiro atoms. The molecule has 2 aromatic rings. The smallest absolute Gasteiger partial charge is 0.257 e. The van der Waals surface area contributed by atoms with Crippen molar-refractivity contribution in [1.29, 1.82) is 0 Å². The SMILES string of the molecule is C[C@@H](c1ccncc1)c1ccn(CC(F)F)n1. The van der Waals surface area contributed by atoms with Gasteiger partial charge in [-0.05, 0) is 23.8 Å². The summed E-state index contributed by atoms with van der Waals surface area (Å²) in [7, 11) is 0. The van der Waals surface area contributed by atoms with Crippen molar-refractivity contribution in [3.63, 3.8) is 0 Å². The molecule has 2 rings (SSSR count). The molecule has 17 heavy (non-hydrogen) atoms. The Kier molecular flexibility index (Phi) is 3.46. The fourth-order valence-corrected chi connectivity index (χ4v) is 1.67. The molecule has 2 aromatic heterocycles. The van der Waals surface area contributed by atoms with Gasteiger partial charge in [0.1, 0.15) is 6.54 Å². The number of alkyl halides is 2. The van der Waals surface area contributed by atoms with Crippen molar-refractivity contribution >= 4 is 0 Å². The summed E-state index contributed by atoms with van der Waals surface area (Å²) in [6.45, 7) is 1.63. The highest BCUT2D eigenvalue weighted by Gasteiger charge is 2.12. The summed E-state index contributed by atoms with van der Waals surface area (Å²) in [5, 5.41) is 4.14. The largest absolute Gasteiger partial charge is 0.267 e. The molecule has 0 fully saturated rings. The van der Waals surface area contributed by atoms with Crippen LogP contribution in [0.15, 0.2) is 36.8 Å². The summed E-state index contributed by atoms with van der Waals surface area (Å²) >= 11 is 0. The second-order valence-corrected chi connectivity index (χ2v) is 3.86. The first-order valence-electron chi connectivity index (χ1n) is 5.38. The predicted molar refractivity (Wildman–Crippen MR) is 60.0 cm³/mol. The minimum Gasteiger partial charge on any atom is -0.267 e. The van der Waals surface area contributed by atoms with E-state index in [1.807, 2.05) is 19.1 Å². The van der Waals surface area contributed by atoms with E-state index in [1.165, 1.54) is 4.68 Å². The van der Waals surface area contributed by atoms with E-state index < -0.39 is 6.43 Å². The Morgan fingerprint density at radius 2 is 1.94 bits per heavy atom. The standard InChI is InChI=1S/C12H13F2N3/c1-9(10-2-5-15-6-3-10)11-4-7-17(16-11)8-12(13)14/h2-7,9,12H,8H2,1H3/t9-/m0/s1. The van der Waals surface area contributed by atoms with Crippen LogP contribution in [0.25, 0.3) is 0 Å². The van der Waals surface area contributed by atoms with Gasteiger partial charge in [0.2, 0.25) is 0 Å². The molecule has 1 atom stereocenters. The Morgan fingerprint density at radius 1 is 1.24 bits per heavy atom. The van der Waals surface area contributed by atoms with Crippen LogP contribution >= 0.6 is 0 Å². The van der Waals surface area contributed by atoms with E-state index in [1.54, 1.807) is 24.7 Å². The Hall–Kier alpha value is -1.78. The topological polar surface area (TPSA) is 30.7 Å². The van der Waals surface area contributed by atoms with Crippen LogP contribution in [0.3, 0.4) is 0 Å². The highest BCUT2D eigenvalue weighted by molar-refractivity contribution is 5.24. The fourth-order valence-electron chi connectivity index (χ4n) is 1.67. The summed E-state index contributed by atoms with van der Waals surface area (Å²) in [6.07, 6.45) is 2.63. The quantitative estimate of drug-likeness (QED) is 0.818. The second kappa shape index (κ2) is 5.03. The zero-order valence-corrected chi connectivity index (χ0v) is 9.42. The summed E-state index contributed by atoms with van der Waals surface area (Å²) < 4.78 is 25.6. The molecule has 0 unspecified atom stereocenters. The maximum atomic E-state index is 12.2. The van der Waals surface area contributed by atoms with Crippen molar-refractivity contribution in [1.82, 2.24) is 14.8 Å². The van der Waals surface area contributed by atoms with Gasteiger partial charge in [-0.25, -0.2) is 8.78 Å². The van der Waals surface area contributed by atoms with Gasteiger partial charge in [-0.1, -0.05) is 6.92 Å². The van der Waals surface area contributed by atoms with Crippen LogP contribution in [0.2, 0.25) is 0 Å². The predicted octanol–water partition coefficient (Wildman–Crippen LogP) is 2.70. The lowest BCUT2D eigenvalue weighted by atomic mass is 9.99. The maximum absolute atomic E-state index is 12.2. The van der Waals surface area contributed by atoms with Crippen molar-refractivity contribution in [2.24, 2.45) is 0 Å². The van der Waals surface area contributed by atoms with E-state index >= 15 is 0 Å². The van der Waals surface area contributed by atoms with Crippen molar-refractivity contribution < 1.29 is 8.78 Å². The van der Waals surface area contributed by atoms with Crippen LogP contribution in [0.1, 0.15) is 24.1 Å². The Morgan fingerprint density at radius 3 is 2.59 bits per heavy atom. The van der Waals surface area contributed by atoms with Gasteiger partial charge in [0, 0.05) is 24.5 Å². The zero-order valence-electron chi connectivity index (χ0n) is 9.42. The summed E-state index contributed by atoms with van der Waals surface area (Å²) in [6, 6.07) is 5.57. The number of aromatic nitrogens is 3. The molecule has 5 heteroatoms. The van der Waals surface area contributed by atoms with Crippen LogP contribution in [0, 0.1) is 0 Å². The van der Waals surface area contributed by atoms with Crippen LogP contribution in [0.4, 0.5) is 8.78 Å². The number of pyridine rings is 1. The number of nitrogens with zero attached hydrogens (tertiary/aromatic N) is 3. The lowest BCUT2D eigenvalue weighted by Crippen LogP contribution is -2.08. The Bertz CT molecular complexity index is 468. The van der Waals surface area contributed by atoms with Gasteiger partial charge in [-0.3, -0.25) is 9.67 Å². The van der Waals surface area contributed by atoms with Crippen LogP contribution < -0.4 is 0 Å². The third kappa shape index (κ3) is 2.87. The van der Waals surface area contributed by atoms with E-state index in [-0.39, 0.29) is 12.5 Å². The van der Waals surface area contributed by atoms with Crippen molar-refractivity contribution in [2.45, 2.75) is 25.8 Å². The van der Waals surface area contributed by atoms with Gasteiger partial charge in [0.25, 0.3) is 6.43 Å². The fraction of sp³-hybridized carbons (Fsp3) is 0.333. The highest BCUT2D eigenvalue weighted by Crippen LogP contribution is 2.21. The van der Waals surface area contributed by atoms with E-state index in [0.717, 1.165) is 11.3 Å². The van der Waals surface area contributed by atoms with Gasteiger partial charge in [0.05, 0.1) is 5.69 Å². The van der Waals surface area contributed by atoms with Crippen molar-refractivity contribution in [2.75, 3.05) is 0 Å². The third-order valence-corrected chi connectivity index (χ3v) is 2.64. The molecule has 0 saturated carbocycles.